The predicted molar refractivity (Wildman–Crippen MR) is 118 cm³/mol. The van der Waals surface area contributed by atoms with Crippen molar-refractivity contribution in [2.45, 2.75) is 70.0 Å². The van der Waals surface area contributed by atoms with Gasteiger partial charge in [0.15, 0.2) is 0 Å². The molecule has 1 saturated carbocycles. The highest BCUT2D eigenvalue weighted by Gasteiger charge is 2.62. The molecule has 3 saturated heterocycles. The van der Waals surface area contributed by atoms with Crippen LogP contribution in [0.3, 0.4) is 0 Å². The molecule has 4 aliphatic rings. The lowest BCUT2D eigenvalue weighted by molar-refractivity contribution is -0.484. The van der Waals surface area contributed by atoms with Crippen molar-refractivity contribution in [2.75, 3.05) is 13.2 Å². The van der Waals surface area contributed by atoms with Crippen LogP contribution in [0.25, 0.3) is 0 Å². The molecule has 32 heavy (non-hydrogen) atoms. The Morgan fingerprint density at radius 3 is 1.75 bits per heavy atom. The van der Waals surface area contributed by atoms with Crippen LogP contribution in [0, 0.1) is 5.92 Å². The highest BCUT2D eigenvalue weighted by atomic mass is 16.9. The van der Waals surface area contributed by atoms with E-state index in [-0.39, 0.29) is 36.4 Å². The normalized spacial score (nSPS) is 33.0. The monoisotopic (exact) mass is 440 g/mol. The summed E-state index contributed by atoms with van der Waals surface area (Å²) in [5.74, 6) is 0.129. The van der Waals surface area contributed by atoms with Crippen molar-refractivity contribution in [3.05, 3.63) is 71.8 Å². The average molecular weight is 441 g/mol. The van der Waals surface area contributed by atoms with Gasteiger partial charge in [0.1, 0.15) is 18.3 Å². The van der Waals surface area contributed by atoms with Crippen molar-refractivity contribution in [3.8, 4) is 0 Å². The molecule has 6 rings (SSSR count). The van der Waals surface area contributed by atoms with Gasteiger partial charge in [-0.05, 0) is 24.0 Å². The summed E-state index contributed by atoms with van der Waals surface area (Å²) >= 11 is 0. The molecule has 4 unspecified atom stereocenters. The smallest absolute Gasteiger partial charge is 0.272 e. The lowest BCUT2D eigenvalue weighted by Crippen LogP contribution is -2.73. The first kappa shape index (κ1) is 22.0. The van der Waals surface area contributed by atoms with E-state index < -0.39 is 6.48 Å². The first-order chi connectivity index (χ1) is 15.8. The fraction of sp³-hybridized carbons (Fsp3) is 0.538. The van der Waals surface area contributed by atoms with E-state index in [1.54, 1.807) is 0 Å². The maximum absolute atomic E-state index is 6.42. The highest BCUT2D eigenvalue weighted by Crippen LogP contribution is 2.46. The van der Waals surface area contributed by atoms with E-state index in [0.29, 0.717) is 19.8 Å². The summed E-state index contributed by atoms with van der Waals surface area (Å²) in [5, 5.41) is 0. The van der Waals surface area contributed by atoms with E-state index >= 15 is 0 Å². The van der Waals surface area contributed by atoms with Crippen molar-refractivity contribution >= 4 is 0 Å². The standard InChI is InChI=1S/C26H32O6/c1-2-14-27-15-13-20-21-23(28-16-18-9-5-3-6-10-18)25-24(22(20)31-26(30-21)32-25)29-17-19-11-7-4-8-12-19/h3-12,20-26H,2,13-17H2,1H3/t20-,21+,22?,23?,24?,25-,26?/m1/s1. The number of hydrogen-bond acceptors (Lipinski definition) is 6. The molecule has 4 fully saturated rings. The van der Waals surface area contributed by atoms with Gasteiger partial charge in [-0.25, -0.2) is 0 Å². The van der Waals surface area contributed by atoms with Crippen molar-refractivity contribution in [3.63, 3.8) is 0 Å². The van der Waals surface area contributed by atoms with Crippen LogP contribution in [0.1, 0.15) is 30.9 Å². The van der Waals surface area contributed by atoms with Gasteiger partial charge in [-0.3, -0.25) is 0 Å². The molecule has 1 aliphatic carbocycles. The van der Waals surface area contributed by atoms with Gasteiger partial charge >= 0.3 is 0 Å². The van der Waals surface area contributed by atoms with Crippen molar-refractivity contribution in [1.29, 1.82) is 0 Å². The van der Waals surface area contributed by atoms with Crippen LogP contribution in [0.4, 0.5) is 0 Å². The molecule has 4 bridgehead atoms. The summed E-state index contributed by atoms with van der Waals surface area (Å²) in [6.07, 6.45) is 0.995. The van der Waals surface area contributed by atoms with E-state index in [4.69, 9.17) is 28.4 Å². The lowest BCUT2D eigenvalue weighted by atomic mass is 9.75. The van der Waals surface area contributed by atoms with Gasteiger partial charge in [-0.2, -0.15) is 0 Å². The molecule has 6 heteroatoms. The topological polar surface area (TPSA) is 55.4 Å². The molecule has 2 aromatic rings. The number of rotatable bonds is 11. The first-order valence-electron chi connectivity index (χ1n) is 11.7. The number of benzene rings is 2. The molecular formula is C26H32O6. The zero-order chi connectivity index (χ0) is 21.8. The second-order valence-electron chi connectivity index (χ2n) is 8.68. The van der Waals surface area contributed by atoms with Gasteiger partial charge in [0.25, 0.3) is 6.48 Å². The summed E-state index contributed by atoms with van der Waals surface area (Å²) in [5.41, 5.74) is 2.25. The second-order valence-corrected chi connectivity index (χ2v) is 8.68. The Morgan fingerprint density at radius 1 is 0.688 bits per heavy atom. The summed E-state index contributed by atoms with van der Waals surface area (Å²) in [6.45, 7) is 3.92. The summed E-state index contributed by atoms with van der Waals surface area (Å²) in [6, 6.07) is 20.4. The Bertz CT molecular complexity index is 769. The third kappa shape index (κ3) is 4.76. The maximum atomic E-state index is 6.42. The van der Waals surface area contributed by atoms with Crippen LogP contribution in [0.15, 0.2) is 60.7 Å². The molecule has 3 heterocycles. The van der Waals surface area contributed by atoms with Crippen molar-refractivity contribution < 1.29 is 28.4 Å². The Kier molecular flexibility index (Phi) is 7.17. The fourth-order valence-corrected chi connectivity index (χ4v) is 4.93. The quantitative estimate of drug-likeness (QED) is 0.491. The van der Waals surface area contributed by atoms with Crippen molar-refractivity contribution in [1.82, 2.24) is 0 Å². The molecule has 0 aromatic heterocycles. The Balaban J connectivity index is 1.32. The predicted octanol–water partition coefficient (Wildman–Crippen LogP) is 4.07. The maximum Gasteiger partial charge on any atom is 0.272 e. The third-order valence-corrected chi connectivity index (χ3v) is 6.46. The lowest BCUT2D eigenvalue weighted by Gasteiger charge is -2.59. The van der Waals surface area contributed by atoms with E-state index in [1.807, 2.05) is 36.4 Å². The van der Waals surface area contributed by atoms with Crippen LogP contribution < -0.4 is 0 Å². The summed E-state index contributed by atoms with van der Waals surface area (Å²) in [7, 11) is 0. The SMILES string of the molecule is CCCOCC[C@H]1C2OC3O[C@@H](C2OCc2ccccc2)C(OCc2ccccc2)[C@H]1O3. The Labute approximate surface area is 189 Å². The molecule has 0 radical (unpaired) electrons. The largest absolute Gasteiger partial charge is 0.381 e. The molecule has 7 atom stereocenters. The van der Waals surface area contributed by atoms with Crippen LogP contribution in [0.2, 0.25) is 0 Å². The van der Waals surface area contributed by atoms with Gasteiger partial charge in [0, 0.05) is 19.1 Å². The van der Waals surface area contributed by atoms with Crippen LogP contribution >= 0.6 is 0 Å². The minimum Gasteiger partial charge on any atom is -0.381 e. The molecule has 6 nitrogen and oxygen atoms in total. The number of hydrogen-bond donors (Lipinski definition) is 0. The molecule has 172 valence electrons. The van der Waals surface area contributed by atoms with Gasteiger partial charge in [0.2, 0.25) is 0 Å². The van der Waals surface area contributed by atoms with Gasteiger partial charge < -0.3 is 28.4 Å². The van der Waals surface area contributed by atoms with Gasteiger partial charge in [0.05, 0.1) is 25.4 Å². The molecule has 0 spiro atoms. The van der Waals surface area contributed by atoms with Crippen molar-refractivity contribution in [2.24, 2.45) is 5.92 Å². The zero-order valence-electron chi connectivity index (χ0n) is 18.5. The highest BCUT2D eigenvalue weighted by molar-refractivity contribution is 5.15. The fourth-order valence-electron chi connectivity index (χ4n) is 4.93. The zero-order valence-corrected chi connectivity index (χ0v) is 18.5. The molecular weight excluding hydrogens is 408 g/mol. The average Bonchev–Trinajstić information content (AvgIpc) is 2.83. The second kappa shape index (κ2) is 10.4. The summed E-state index contributed by atoms with van der Waals surface area (Å²) < 4.78 is 37.0. The van der Waals surface area contributed by atoms with Crippen LogP contribution in [-0.2, 0) is 41.6 Å². The van der Waals surface area contributed by atoms with E-state index in [0.717, 1.165) is 30.6 Å². The third-order valence-electron chi connectivity index (χ3n) is 6.46. The van der Waals surface area contributed by atoms with E-state index in [2.05, 4.69) is 31.2 Å². The summed E-state index contributed by atoms with van der Waals surface area (Å²) in [4.78, 5) is 0. The molecule has 3 aliphatic heterocycles. The minimum absolute atomic E-state index is 0.0944. The Morgan fingerprint density at radius 2 is 1.22 bits per heavy atom. The van der Waals surface area contributed by atoms with Gasteiger partial charge in [-0.15, -0.1) is 0 Å². The molecule has 0 amide bonds. The van der Waals surface area contributed by atoms with Gasteiger partial charge in [-0.1, -0.05) is 67.6 Å². The van der Waals surface area contributed by atoms with Crippen LogP contribution in [0.5, 0.6) is 0 Å². The van der Waals surface area contributed by atoms with Crippen LogP contribution in [-0.4, -0.2) is 50.2 Å². The van der Waals surface area contributed by atoms with E-state index in [9.17, 15) is 0 Å². The molecule has 0 N–H and O–H groups in total. The Hall–Kier alpha value is -1.80. The number of ether oxygens (including phenoxy) is 6. The molecule has 2 aromatic carbocycles. The minimum atomic E-state index is -0.643. The van der Waals surface area contributed by atoms with E-state index in [1.165, 1.54) is 0 Å². The first-order valence-corrected chi connectivity index (χ1v) is 11.7.